The van der Waals surface area contributed by atoms with Gasteiger partial charge in [0.25, 0.3) is 0 Å². The Balaban J connectivity index is 1.48. The van der Waals surface area contributed by atoms with E-state index in [9.17, 15) is 4.79 Å². The van der Waals surface area contributed by atoms with Gasteiger partial charge in [-0.25, -0.2) is 24.7 Å². The highest BCUT2D eigenvalue weighted by molar-refractivity contribution is 5.80. The summed E-state index contributed by atoms with van der Waals surface area (Å²) < 4.78 is 0. The standard InChI is InChI=1S/C21H24N6O/c1-14(2)25-21(28)27-7-5-15(6-8-27)19-4-3-16-9-17(12-24-20(16)26-19)18-10-22-13-23-11-18/h3-4,9-15H,5-8H2,1-2H3,(H,25,28). The van der Waals surface area contributed by atoms with Crippen molar-refractivity contribution >= 4 is 17.1 Å². The number of nitrogens with zero attached hydrogens (tertiary/aromatic N) is 5. The molecule has 28 heavy (non-hydrogen) atoms. The van der Waals surface area contributed by atoms with E-state index >= 15 is 0 Å². The highest BCUT2D eigenvalue weighted by Gasteiger charge is 2.25. The molecule has 3 aromatic heterocycles. The third-order valence-electron chi connectivity index (χ3n) is 5.07. The molecule has 0 aromatic carbocycles. The van der Waals surface area contributed by atoms with Crippen LogP contribution in [0.2, 0.25) is 0 Å². The summed E-state index contributed by atoms with van der Waals surface area (Å²) in [6.45, 7) is 5.46. The van der Waals surface area contributed by atoms with Crippen LogP contribution in [0.3, 0.4) is 0 Å². The van der Waals surface area contributed by atoms with E-state index in [1.54, 1.807) is 12.4 Å². The van der Waals surface area contributed by atoms with E-state index in [2.05, 4.69) is 38.5 Å². The first kappa shape index (κ1) is 18.3. The zero-order valence-corrected chi connectivity index (χ0v) is 16.2. The summed E-state index contributed by atoms with van der Waals surface area (Å²) >= 11 is 0. The number of urea groups is 1. The molecule has 2 amide bonds. The summed E-state index contributed by atoms with van der Waals surface area (Å²) in [7, 11) is 0. The normalized spacial score (nSPS) is 15.2. The number of pyridine rings is 2. The number of aromatic nitrogens is 4. The van der Waals surface area contributed by atoms with Gasteiger partial charge in [0.1, 0.15) is 6.33 Å². The Morgan fingerprint density at radius 3 is 2.57 bits per heavy atom. The van der Waals surface area contributed by atoms with Crippen LogP contribution in [-0.4, -0.2) is 50.0 Å². The summed E-state index contributed by atoms with van der Waals surface area (Å²) in [5.41, 5.74) is 3.72. The van der Waals surface area contributed by atoms with Crippen LogP contribution in [0.15, 0.2) is 43.1 Å². The number of carbonyl (C=O) groups is 1. The average molecular weight is 376 g/mol. The van der Waals surface area contributed by atoms with Crippen LogP contribution in [0.5, 0.6) is 0 Å². The smallest absolute Gasteiger partial charge is 0.317 e. The van der Waals surface area contributed by atoms with Crippen molar-refractivity contribution in [3.8, 4) is 11.1 Å². The van der Waals surface area contributed by atoms with Gasteiger partial charge in [-0.3, -0.25) is 0 Å². The van der Waals surface area contributed by atoms with Crippen LogP contribution in [0.1, 0.15) is 38.3 Å². The highest BCUT2D eigenvalue weighted by atomic mass is 16.2. The number of fused-ring (bicyclic) bond motifs is 1. The summed E-state index contributed by atoms with van der Waals surface area (Å²) in [6.07, 6.45) is 8.73. The molecule has 1 fully saturated rings. The SMILES string of the molecule is CC(C)NC(=O)N1CCC(c2ccc3cc(-c4cncnc4)cnc3n2)CC1. The predicted octanol–water partition coefficient (Wildman–Crippen LogP) is 3.38. The fraction of sp³-hybridized carbons (Fsp3) is 0.381. The van der Waals surface area contributed by atoms with Gasteiger partial charge in [-0.1, -0.05) is 0 Å². The van der Waals surface area contributed by atoms with Gasteiger partial charge in [0.05, 0.1) is 0 Å². The molecular formula is C21H24N6O. The number of amides is 2. The summed E-state index contributed by atoms with van der Waals surface area (Å²) in [6, 6.07) is 6.42. The van der Waals surface area contributed by atoms with Crippen LogP contribution in [-0.2, 0) is 0 Å². The lowest BCUT2D eigenvalue weighted by Gasteiger charge is -2.32. The molecule has 144 valence electrons. The molecule has 1 saturated heterocycles. The number of carbonyl (C=O) groups excluding carboxylic acids is 1. The van der Waals surface area contributed by atoms with Crippen molar-refractivity contribution in [1.29, 1.82) is 0 Å². The summed E-state index contributed by atoms with van der Waals surface area (Å²) in [5.74, 6) is 0.358. The van der Waals surface area contributed by atoms with Gasteiger partial charge in [-0.2, -0.15) is 0 Å². The zero-order valence-electron chi connectivity index (χ0n) is 16.2. The maximum atomic E-state index is 12.2. The lowest BCUT2D eigenvalue weighted by Crippen LogP contribution is -2.46. The van der Waals surface area contributed by atoms with Crippen LogP contribution in [0.25, 0.3) is 22.2 Å². The Morgan fingerprint density at radius 2 is 1.86 bits per heavy atom. The topological polar surface area (TPSA) is 83.9 Å². The Bertz CT molecular complexity index is 967. The van der Waals surface area contributed by atoms with Crippen molar-refractivity contribution in [3.63, 3.8) is 0 Å². The van der Waals surface area contributed by atoms with E-state index < -0.39 is 0 Å². The van der Waals surface area contributed by atoms with Crippen molar-refractivity contribution in [2.75, 3.05) is 13.1 Å². The van der Waals surface area contributed by atoms with Crippen LogP contribution in [0, 0.1) is 0 Å². The number of rotatable bonds is 3. The number of likely N-dealkylation sites (tertiary alicyclic amines) is 1. The van der Waals surface area contributed by atoms with Gasteiger partial charge < -0.3 is 10.2 Å². The number of hydrogen-bond donors (Lipinski definition) is 1. The molecule has 1 N–H and O–H groups in total. The second-order valence-electron chi connectivity index (χ2n) is 7.50. The zero-order chi connectivity index (χ0) is 19.5. The van der Waals surface area contributed by atoms with Gasteiger partial charge in [-0.05, 0) is 44.9 Å². The Hall–Kier alpha value is -3.09. The van der Waals surface area contributed by atoms with E-state index in [0.717, 1.165) is 53.8 Å². The van der Waals surface area contributed by atoms with Crippen LogP contribution in [0.4, 0.5) is 4.79 Å². The van der Waals surface area contributed by atoms with E-state index in [1.807, 2.05) is 24.9 Å². The van der Waals surface area contributed by atoms with Crippen LogP contribution >= 0.6 is 0 Å². The lowest BCUT2D eigenvalue weighted by molar-refractivity contribution is 0.178. The minimum Gasteiger partial charge on any atom is -0.336 e. The average Bonchev–Trinajstić information content (AvgIpc) is 2.73. The van der Waals surface area contributed by atoms with Crippen molar-refractivity contribution in [3.05, 3.63) is 48.8 Å². The maximum Gasteiger partial charge on any atom is 0.317 e. The van der Waals surface area contributed by atoms with Crippen molar-refractivity contribution in [2.45, 2.75) is 38.6 Å². The number of piperidine rings is 1. The Kier molecular flexibility index (Phi) is 5.14. The van der Waals surface area contributed by atoms with E-state index in [-0.39, 0.29) is 12.1 Å². The first-order chi connectivity index (χ1) is 13.6. The van der Waals surface area contributed by atoms with Gasteiger partial charge >= 0.3 is 6.03 Å². The van der Waals surface area contributed by atoms with E-state index in [0.29, 0.717) is 5.92 Å². The molecule has 7 heteroatoms. The van der Waals surface area contributed by atoms with Crippen molar-refractivity contribution in [1.82, 2.24) is 30.2 Å². The lowest BCUT2D eigenvalue weighted by atomic mass is 9.93. The molecule has 3 aromatic rings. The molecule has 0 saturated carbocycles. The molecule has 4 heterocycles. The minimum absolute atomic E-state index is 0.0269. The van der Waals surface area contributed by atoms with E-state index in [1.165, 1.54) is 6.33 Å². The molecule has 0 atom stereocenters. The van der Waals surface area contributed by atoms with Gasteiger partial charge in [0.2, 0.25) is 0 Å². The van der Waals surface area contributed by atoms with Crippen LogP contribution < -0.4 is 5.32 Å². The third-order valence-corrected chi connectivity index (χ3v) is 5.07. The first-order valence-electron chi connectivity index (χ1n) is 9.67. The number of nitrogens with one attached hydrogen (secondary N) is 1. The summed E-state index contributed by atoms with van der Waals surface area (Å²) in [4.78, 5) is 31.5. The van der Waals surface area contributed by atoms with Gasteiger partial charge in [-0.15, -0.1) is 0 Å². The largest absolute Gasteiger partial charge is 0.336 e. The second-order valence-corrected chi connectivity index (χ2v) is 7.50. The third kappa shape index (κ3) is 3.93. The van der Waals surface area contributed by atoms with E-state index in [4.69, 9.17) is 4.98 Å². The summed E-state index contributed by atoms with van der Waals surface area (Å²) in [5, 5.41) is 3.96. The molecule has 0 bridgehead atoms. The predicted molar refractivity (Wildman–Crippen MR) is 108 cm³/mol. The molecule has 0 radical (unpaired) electrons. The van der Waals surface area contributed by atoms with Crippen molar-refractivity contribution in [2.24, 2.45) is 0 Å². The molecule has 0 aliphatic carbocycles. The molecule has 1 aliphatic heterocycles. The fourth-order valence-corrected chi connectivity index (χ4v) is 3.58. The maximum absolute atomic E-state index is 12.2. The molecule has 0 unspecified atom stereocenters. The van der Waals surface area contributed by atoms with Crippen molar-refractivity contribution < 1.29 is 4.79 Å². The fourth-order valence-electron chi connectivity index (χ4n) is 3.58. The molecule has 4 rings (SSSR count). The molecule has 0 spiro atoms. The molecular weight excluding hydrogens is 352 g/mol. The second kappa shape index (κ2) is 7.88. The Labute approximate surface area is 164 Å². The highest BCUT2D eigenvalue weighted by Crippen LogP contribution is 2.28. The number of hydrogen-bond acceptors (Lipinski definition) is 5. The molecule has 1 aliphatic rings. The minimum atomic E-state index is 0.0269. The van der Waals surface area contributed by atoms with Gasteiger partial charge in [0.15, 0.2) is 5.65 Å². The van der Waals surface area contributed by atoms with Gasteiger partial charge in [0, 0.05) is 65.8 Å². The molecule has 7 nitrogen and oxygen atoms in total. The quantitative estimate of drug-likeness (QED) is 0.757. The monoisotopic (exact) mass is 376 g/mol. The Morgan fingerprint density at radius 1 is 1.11 bits per heavy atom. The first-order valence-corrected chi connectivity index (χ1v) is 9.67.